The Kier molecular flexibility index (Phi) is 5.14. The van der Waals surface area contributed by atoms with Crippen molar-refractivity contribution in [2.24, 2.45) is 0 Å². The number of carboxylic acids is 1. The van der Waals surface area contributed by atoms with Crippen molar-refractivity contribution in [1.29, 1.82) is 0 Å². The van der Waals surface area contributed by atoms with Crippen LogP contribution in [0.4, 0.5) is 10.1 Å². The number of hydrogen-bond donors (Lipinski definition) is 1. The van der Waals surface area contributed by atoms with E-state index in [-0.39, 0.29) is 21.9 Å². The smallest absolute Gasteiger partial charge is 0.335 e. The average Bonchev–Trinajstić information content (AvgIpc) is 2.53. The lowest BCUT2D eigenvalue weighted by atomic mass is 10.2. The van der Waals surface area contributed by atoms with Crippen LogP contribution < -0.4 is 9.04 Å². The number of nitrogens with zero attached hydrogens (tertiary/aromatic N) is 1. The Morgan fingerprint density at radius 3 is 2.46 bits per heavy atom. The Labute approximate surface area is 146 Å². The van der Waals surface area contributed by atoms with Gasteiger partial charge in [-0.3, -0.25) is 4.31 Å². The molecule has 9 heteroatoms. The van der Waals surface area contributed by atoms with Crippen molar-refractivity contribution in [3.8, 4) is 5.75 Å². The summed E-state index contributed by atoms with van der Waals surface area (Å²) in [6, 6.07) is 7.36. The summed E-state index contributed by atoms with van der Waals surface area (Å²) in [6.07, 6.45) is 0. The van der Waals surface area contributed by atoms with Gasteiger partial charge in [0.2, 0.25) is 0 Å². The van der Waals surface area contributed by atoms with E-state index < -0.39 is 21.8 Å². The van der Waals surface area contributed by atoms with Gasteiger partial charge in [0.25, 0.3) is 10.0 Å². The van der Waals surface area contributed by atoms with Gasteiger partial charge in [-0.15, -0.1) is 0 Å². The molecule has 6 nitrogen and oxygen atoms in total. The second-order valence-electron chi connectivity index (χ2n) is 4.74. The van der Waals surface area contributed by atoms with Gasteiger partial charge in [-0.05, 0) is 36.4 Å². The second kappa shape index (κ2) is 6.78. The van der Waals surface area contributed by atoms with E-state index in [1.54, 1.807) is 0 Å². The van der Waals surface area contributed by atoms with Crippen LogP contribution in [-0.2, 0) is 10.0 Å². The summed E-state index contributed by atoms with van der Waals surface area (Å²) < 4.78 is 45.9. The summed E-state index contributed by atoms with van der Waals surface area (Å²) in [7, 11) is -1.80. The molecule has 2 aromatic rings. The quantitative estimate of drug-likeness (QED) is 0.807. The molecule has 0 unspecified atom stereocenters. The van der Waals surface area contributed by atoms with Gasteiger partial charge >= 0.3 is 5.97 Å². The molecular formula is C15H13BrFNO5S. The van der Waals surface area contributed by atoms with Crippen LogP contribution >= 0.6 is 15.9 Å². The maximum absolute atomic E-state index is 14.1. The van der Waals surface area contributed by atoms with Crippen LogP contribution in [0.5, 0.6) is 5.75 Å². The molecule has 0 aromatic heterocycles. The molecule has 2 rings (SSSR count). The van der Waals surface area contributed by atoms with Crippen molar-refractivity contribution < 1.29 is 27.4 Å². The topological polar surface area (TPSA) is 83.9 Å². The summed E-state index contributed by atoms with van der Waals surface area (Å²) in [4.78, 5) is 10.7. The van der Waals surface area contributed by atoms with Crippen LogP contribution in [0.1, 0.15) is 10.4 Å². The number of aromatic carboxylic acids is 1. The number of sulfonamides is 1. The standard InChI is InChI=1S/C15H13BrFNO5S/c1-18(12-5-4-10(16)8-11(12)17)24(21,22)14-7-9(15(19)20)3-6-13(14)23-2/h3-8H,1-2H3,(H,19,20). The molecule has 24 heavy (non-hydrogen) atoms. The van der Waals surface area contributed by atoms with Gasteiger partial charge in [0.05, 0.1) is 18.4 Å². The molecule has 0 saturated heterocycles. The first-order valence-corrected chi connectivity index (χ1v) is 8.77. The first kappa shape index (κ1) is 18.2. The SMILES string of the molecule is COc1ccc(C(=O)O)cc1S(=O)(=O)N(C)c1ccc(Br)cc1F. The van der Waals surface area contributed by atoms with Crippen molar-refractivity contribution in [3.63, 3.8) is 0 Å². The predicted molar refractivity (Wildman–Crippen MR) is 89.6 cm³/mol. The van der Waals surface area contributed by atoms with Crippen LogP contribution in [0, 0.1) is 5.82 Å². The number of halogens is 2. The van der Waals surface area contributed by atoms with E-state index in [0.29, 0.717) is 4.47 Å². The third-order valence-corrected chi connectivity index (χ3v) is 5.58. The molecular weight excluding hydrogens is 405 g/mol. The maximum Gasteiger partial charge on any atom is 0.335 e. The normalized spacial score (nSPS) is 11.2. The highest BCUT2D eigenvalue weighted by Gasteiger charge is 2.28. The number of ether oxygens (including phenoxy) is 1. The first-order chi connectivity index (χ1) is 11.2. The molecule has 0 aliphatic carbocycles. The monoisotopic (exact) mass is 417 g/mol. The van der Waals surface area contributed by atoms with Gasteiger partial charge in [0, 0.05) is 11.5 Å². The zero-order valence-corrected chi connectivity index (χ0v) is 15.1. The number of benzene rings is 2. The van der Waals surface area contributed by atoms with Gasteiger partial charge in [-0.1, -0.05) is 15.9 Å². The zero-order chi connectivity index (χ0) is 18.1. The van der Waals surface area contributed by atoms with Crippen LogP contribution in [0.3, 0.4) is 0 Å². The molecule has 0 aliphatic rings. The van der Waals surface area contributed by atoms with E-state index in [0.717, 1.165) is 16.4 Å². The van der Waals surface area contributed by atoms with Crippen molar-refractivity contribution in [2.75, 3.05) is 18.5 Å². The van der Waals surface area contributed by atoms with E-state index >= 15 is 0 Å². The van der Waals surface area contributed by atoms with Crippen LogP contribution in [-0.4, -0.2) is 33.7 Å². The third kappa shape index (κ3) is 3.36. The Morgan fingerprint density at radius 1 is 1.25 bits per heavy atom. The van der Waals surface area contributed by atoms with Crippen LogP contribution in [0.15, 0.2) is 45.8 Å². The van der Waals surface area contributed by atoms with Gasteiger partial charge < -0.3 is 9.84 Å². The van der Waals surface area contributed by atoms with Gasteiger partial charge in [0.15, 0.2) is 0 Å². The molecule has 0 fully saturated rings. The highest BCUT2D eigenvalue weighted by molar-refractivity contribution is 9.10. The number of methoxy groups -OCH3 is 1. The minimum atomic E-state index is -4.24. The molecule has 1 N–H and O–H groups in total. The fraction of sp³-hybridized carbons (Fsp3) is 0.133. The van der Waals surface area contributed by atoms with Crippen molar-refractivity contribution in [2.45, 2.75) is 4.90 Å². The molecule has 2 aromatic carbocycles. The highest BCUT2D eigenvalue weighted by atomic mass is 79.9. The molecule has 0 spiro atoms. The second-order valence-corrected chi connectivity index (χ2v) is 7.59. The maximum atomic E-state index is 14.1. The molecule has 0 bridgehead atoms. The fourth-order valence-corrected chi connectivity index (χ4v) is 3.74. The minimum absolute atomic E-state index is 0.0376. The summed E-state index contributed by atoms with van der Waals surface area (Å²) in [6.45, 7) is 0. The highest BCUT2D eigenvalue weighted by Crippen LogP contribution is 2.32. The summed E-state index contributed by atoms with van der Waals surface area (Å²) >= 11 is 3.10. The molecule has 0 radical (unpaired) electrons. The van der Waals surface area contributed by atoms with Crippen molar-refractivity contribution in [3.05, 3.63) is 52.3 Å². The predicted octanol–water partition coefficient (Wildman–Crippen LogP) is 3.12. The Hall–Kier alpha value is -2.13. The summed E-state index contributed by atoms with van der Waals surface area (Å²) in [5.41, 5.74) is -0.403. The lowest BCUT2D eigenvalue weighted by molar-refractivity contribution is 0.0696. The molecule has 0 atom stereocenters. The summed E-state index contributed by atoms with van der Waals surface area (Å²) in [5.74, 6) is -2.07. The first-order valence-electron chi connectivity index (χ1n) is 6.53. The third-order valence-electron chi connectivity index (χ3n) is 3.30. The molecule has 0 amide bonds. The van der Waals surface area contributed by atoms with Crippen LogP contribution in [0.2, 0.25) is 0 Å². The summed E-state index contributed by atoms with van der Waals surface area (Å²) in [5, 5.41) is 9.05. The largest absolute Gasteiger partial charge is 0.495 e. The van der Waals surface area contributed by atoms with E-state index in [4.69, 9.17) is 9.84 Å². The molecule has 128 valence electrons. The number of rotatable bonds is 5. The fourth-order valence-electron chi connectivity index (χ4n) is 2.02. The number of anilines is 1. The van der Waals surface area contributed by atoms with Crippen molar-refractivity contribution >= 4 is 37.6 Å². The minimum Gasteiger partial charge on any atom is -0.495 e. The van der Waals surface area contributed by atoms with Crippen LogP contribution in [0.25, 0.3) is 0 Å². The van der Waals surface area contributed by atoms with E-state index in [9.17, 15) is 17.6 Å². The Morgan fingerprint density at radius 2 is 1.92 bits per heavy atom. The Bertz CT molecular complexity index is 901. The zero-order valence-electron chi connectivity index (χ0n) is 12.7. The van der Waals surface area contributed by atoms with E-state index in [1.807, 2.05) is 0 Å². The molecule has 0 saturated carbocycles. The van der Waals surface area contributed by atoms with Gasteiger partial charge in [-0.25, -0.2) is 17.6 Å². The average molecular weight is 418 g/mol. The van der Waals surface area contributed by atoms with E-state index in [1.165, 1.54) is 38.4 Å². The lowest BCUT2D eigenvalue weighted by Gasteiger charge is -2.21. The molecule has 0 heterocycles. The Balaban J connectivity index is 2.61. The number of carbonyl (C=O) groups is 1. The van der Waals surface area contributed by atoms with E-state index in [2.05, 4.69) is 15.9 Å². The lowest BCUT2D eigenvalue weighted by Crippen LogP contribution is -2.28. The number of carboxylic acid groups (broad SMARTS) is 1. The van der Waals surface area contributed by atoms with Gasteiger partial charge in [-0.2, -0.15) is 0 Å². The molecule has 0 aliphatic heterocycles. The van der Waals surface area contributed by atoms with Gasteiger partial charge in [0.1, 0.15) is 16.5 Å². The number of hydrogen-bond acceptors (Lipinski definition) is 4. The van der Waals surface area contributed by atoms with Crippen molar-refractivity contribution in [1.82, 2.24) is 0 Å².